The van der Waals surface area contributed by atoms with Crippen molar-refractivity contribution in [2.75, 3.05) is 27.2 Å². The lowest BCUT2D eigenvalue weighted by Crippen LogP contribution is -2.13. The molecule has 0 saturated carbocycles. The topological polar surface area (TPSA) is 12.5 Å². The van der Waals surface area contributed by atoms with E-state index in [4.69, 9.17) is 4.74 Å². The Morgan fingerprint density at radius 3 is 2.57 bits per heavy atom. The van der Waals surface area contributed by atoms with E-state index in [0.29, 0.717) is 0 Å². The number of unbranched alkanes of at least 4 members (excludes halogenated alkanes) is 1. The van der Waals surface area contributed by atoms with E-state index >= 15 is 0 Å². The molecule has 0 aromatic heterocycles. The van der Waals surface area contributed by atoms with Gasteiger partial charge in [-0.1, -0.05) is 12.1 Å². The molecule has 2 heteroatoms. The van der Waals surface area contributed by atoms with E-state index in [1.54, 1.807) is 0 Å². The Balaban J connectivity index is 2.05. The van der Waals surface area contributed by atoms with Crippen molar-refractivity contribution in [3.63, 3.8) is 0 Å². The maximum atomic E-state index is 5.55. The van der Waals surface area contributed by atoms with E-state index in [0.717, 1.165) is 25.3 Å². The molecule has 0 aliphatic rings. The van der Waals surface area contributed by atoms with Gasteiger partial charge in [0.25, 0.3) is 0 Å². The first kappa shape index (κ1) is 11.1. The van der Waals surface area contributed by atoms with Gasteiger partial charge in [0.05, 0.1) is 6.61 Å². The van der Waals surface area contributed by atoms with E-state index < -0.39 is 0 Å². The lowest BCUT2D eigenvalue weighted by molar-refractivity contribution is 0.293. The molecule has 0 saturated heterocycles. The fraction of sp³-hybridized carbons (Fsp3) is 0.500. The number of rotatable bonds is 6. The molecule has 0 N–H and O–H groups in total. The van der Waals surface area contributed by atoms with Crippen LogP contribution in [0.25, 0.3) is 0 Å². The van der Waals surface area contributed by atoms with Crippen molar-refractivity contribution in [1.29, 1.82) is 0 Å². The minimum Gasteiger partial charge on any atom is -0.494 e. The molecule has 0 atom stereocenters. The van der Waals surface area contributed by atoms with Crippen LogP contribution in [-0.2, 0) is 0 Å². The van der Waals surface area contributed by atoms with E-state index in [9.17, 15) is 0 Å². The van der Waals surface area contributed by atoms with Crippen molar-refractivity contribution < 1.29 is 4.74 Å². The second-order valence-electron chi connectivity index (χ2n) is 3.59. The van der Waals surface area contributed by atoms with Crippen LogP contribution in [0.2, 0.25) is 0 Å². The first-order chi connectivity index (χ1) is 6.79. The van der Waals surface area contributed by atoms with Gasteiger partial charge in [-0.2, -0.15) is 0 Å². The predicted molar refractivity (Wildman–Crippen MR) is 58.6 cm³/mol. The molecule has 0 unspecified atom stereocenters. The Hall–Kier alpha value is -1.02. The zero-order valence-corrected chi connectivity index (χ0v) is 8.99. The van der Waals surface area contributed by atoms with Crippen LogP contribution in [0.1, 0.15) is 12.8 Å². The summed E-state index contributed by atoms with van der Waals surface area (Å²) in [6.45, 7) is 1.93. The molecule has 1 radical (unpaired) electrons. The summed E-state index contributed by atoms with van der Waals surface area (Å²) in [7, 11) is 4.18. The largest absolute Gasteiger partial charge is 0.494 e. The molecule has 0 aliphatic carbocycles. The van der Waals surface area contributed by atoms with Crippen molar-refractivity contribution in [2.24, 2.45) is 0 Å². The summed E-state index contributed by atoms with van der Waals surface area (Å²) in [6, 6.07) is 10.6. The molecule has 0 spiro atoms. The average Bonchev–Trinajstić information content (AvgIpc) is 2.18. The lowest BCUT2D eigenvalue weighted by Gasteiger charge is -2.09. The molecule has 1 rings (SSSR count). The number of benzene rings is 1. The van der Waals surface area contributed by atoms with Gasteiger partial charge in [-0.3, -0.25) is 0 Å². The summed E-state index contributed by atoms with van der Waals surface area (Å²) in [6.07, 6.45) is 2.29. The smallest absolute Gasteiger partial charge is 0.119 e. The minimum absolute atomic E-state index is 0.803. The van der Waals surface area contributed by atoms with Crippen molar-refractivity contribution in [1.82, 2.24) is 4.90 Å². The van der Waals surface area contributed by atoms with Crippen molar-refractivity contribution in [3.05, 3.63) is 30.3 Å². The van der Waals surface area contributed by atoms with E-state index in [2.05, 4.69) is 25.1 Å². The zero-order chi connectivity index (χ0) is 10.2. The van der Waals surface area contributed by atoms with Crippen LogP contribution in [0.15, 0.2) is 24.3 Å². The van der Waals surface area contributed by atoms with Crippen LogP contribution in [0.5, 0.6) is 5.75 Å². The fourth-order valence-electron chi connectivity index (χ4n) is 1.19. The summed E-state index contributed by atoms with van der Waals surface area (Å²) in [5, 5.41) is 0. The number of ether oxygens (including phenoxy) is 1. The Morgan fingerprint density at radius 2 is 1.93 bits per heavy atom. The third-order valence-corrected chi connectivity index (χ3v) is 1.96. The molecule has 0 aliphatic heterocycles. The van der Waals surface area contributed by atoms with Crippen LogP contribution in [0.4, 0.5) is 0 Å². The molecule has 0 heterocycles. The molecule has 1 aromatic carbocycles. The monoisotopic (exact) mass is 192 g/mol. The SMILES string of the molecule is CN(C)CCCCOc1cc[c]cc1. The Kier molecular flexibility index (Phi) is 5.08. The second kappa shape index (κ2) is 6.44. The number of hydrogen-bond donors (Lipinski definition) is 0. The fourth-order valence-corrected chi connectivity index (χ4v) is 1.19. The lowest BCUT2D eigenvalue weighted by atomic mass is 10.3. The van der Waals surface area contributed by atoms with Crippen LogP contribution in [0, 0.1) is 6.07 Å². The second-order valence-corrected chi connectivity index (χ2v) is 3.59. The van der Waals surface area contributed by atoms with Gasteiger partial charge in [-0.05, 0) is 51.7 Å². The third kappa shape index (κ3) is 4.87. The van der Waals surface area contributed by atoms with Gasteiger partial charge in [-0.25, -0.2) is 0 Å². The molecule has 14 heavy (non-hydrogen) atoms. The molecule has 2 nitrogen and oxygen atoms in total. The summed E-state index contributed by atoms with van der Waals surface area (Å²) in [5.41, 5.74) is 0. The molecule has 77 valence electrons. The highest BCUT2D eigenvalue weighted by atomic mass is 16.5. The third-order valence-electron chi connectivity index (χ3n) is 1.96. The van der Waals surface area contributed by atoms with Crippen LogP contribution in [0.3, 0.4) is 0 Å². The maximum absolute atomic E-state index is 5.55. The first-order valence-corrected chi connectivity index (χ1v) is 5.02. The highest BCUT2D eigenvalue weighted by Crippen LogP contribution is 2.08. The van der Waals surface area contributed by atoms with Gasteiger partial charge in [-0.15, -0.1) is 0 Å². The molecule has 1 aromatic rings. The molecular weight excluding hydrogens is 174 g/mol. The Labute approximate surface area is 86.5 Å². The van der Waals surface area contributed by atoms with Gasteiger partial charge >= 0.3 is 0 Å². The highest BCUT2D eigenvalue weighted by molar-refractivity contribution is 5.20. The van der Waals surface area contributed by atoms with Crippen molar-refractivity contribution in [3.8, 4) is 5.75 Å². The molecule has 0 fully saturated rings. The minimum atomic E-state index is 0.803. The summed E-state index contributed by atoms with van der Waals surface area (Å²) in [5.74, 6) is 0.939. The standard InChI is InChI=1S/C12H18NO/c1-13(2)10-6-7-11-14-12-8-4-3-5-9-12/h4-5,8-9H,6-7,10-11H2,1-2H3. The van der Waals surface area contributed by atoms with Gasteiger partial charge in [0.1, 0.15) is 5.75 Å². The summed E-state index contributed by atoms with van der Waals surface area (Å²) in [4.78, 5) is 2.19. The number of nitrogens with zero attached hydrogens (tertiary/aromatic N) is 1. The maximum Gasteiger partial charge on any atom is 0.119 e. The van der Waals surface area contributed by atoms with Gasteiger partial charge in [0.2, 0.25) is 0 Å². The molecular formula is C12H18NO. The van der Waals surface area contributed by atoms with Crippen LogP contribution >= 0.6 is 0 Å². The van der Waals surface area contributed by atoms with Gasteiger partial charge < -0.3 is 9.64 Å². The van der Waals surface area contributed by atoms with Crippen LogP contribution in [-0.4, -0.2) is 32.1 Å². The Bertz CT molecular complexity index is 233. The van der Waals surface area contributed by atoms with Gasteiger partial charge in [0, 0.05) is 0 Å². The predicted octanol–water partition coefficient (Wildman–Crippen LogP) is 2.21. The highest BCUT2D eigenvalue weighted by Gasteiger charge is 1.93. The van der Waals surface area contributed by atoms with E-state index in [1.807, 2.05) is 24.3 Å². The van der Waals surface area contributed by atoms with E-state index in [-0.39, 0.29) is 0 Å². The van der Waals surface area contributed by atoms with E-state index in [1.165, 1.54) is 6.42 Å². The van der Waals surface area contributed by atoms with Gasteiger partial charge in [0.15, 0.2) is 0 Å². The van der Waals surface area contributed by atoms with Crippen molar-refractivity contribution in [2.45, 2.75) is 12.8 Å². The zero-order valence-electron chi connectivity index (χ0n) is 8.99. The van der Waals surface area contributed by atoms with Crippen molar-refractivity contribution >= 4 is 0 Å². The summed E-state index contributed by atoms with van der Waals surface area (Å²) < 4.78 is 5.55. The summed E-state index contributed by atoms with van der Waals surface area (Å²) >= 11 is 0. The number of hydrogen-bond acceptors (Lipinski definition) is 2. The quantitative estimate of drug-likeness (QED) is 0.641. The van der Waals surface area contributed by atoms with Crippen LogP contribution < -0.4 is 4.74 Å². The Morgan fingerprint density at radius 1 is 1.21 bits per heavy atom. The first-order valence-electron chi connectivity index (χ1n) is 5.02. The normalized spacial score (nSPS) is 10.5. The molecule has 0 bridgehead atoms. The average molecular weight is 192 g/mol. The molecule has 0 amide bonds.